The van der Waals surface area contributed by atoms with Crippen LogP contribution in [0.25, 0.3) is 33.3 Å². The zero-order chi connectivity index (χ0) is 18.3. The molecule has 0 saturated carbocycles. The molecule has 0 bridgehead atoms. The first-order valence-corrected chi connectivity index (χ1v) is 9.04. The Hall–Kier alpha value is -2.26. The van der Waals surface area contributed by atoms with Gasteiger partial charge in [-0.25, -0.2) is 0 Å². The van der Waals surface area contributed by atoms with E-state index in [1.54, 1.807) is 36.4 Å². The lowest BCUT2D eigenvalue weighted by Crippen LogP contribution is -2.09. The number of rotatable bonds is 2. The molecule has 0 aliphatic rings. The minimum Gasteiger partial charge on any atom is -0.354 e. The molecule has 3 aromatic carbocycles. The second kappa shape index (κ2) is 6.81. The number of halogens is 3. The summed E-state index contributed by atoms with van der Waals surface area (Å²) >= 11 is 18.3. The van der Waals surface area contributed by atoms with Gasteiger partial charge in [-0.2, -0.15) is 0 Å². The van der Waals surface area contributed by atoms with Crippen molar-refractivity contribution in [1.82, 2.24) is 4.98 Å². The highest BCUT2D eigenvalue weighted by Gasteiger charge is 2.16. The van der Waals surface area contributed by atoms with Crippen LogP contribution in [-0.4, -0.2) is 4.98 Å². The molecule has 1 aromatic heterocycles. The molecule has 1 heterocycles. The summed E-state index contributed by atoms with van der Waals surface area (Å²) in [6.45, 7) is 0. The second-order valence-electron chi connectivity index (χ2n) is 5.89. The highest BCUT2D eigenvalue weighted by Crippen LogP contribution is 2.33. The molecule has 0 aliphatic heterocycles. The molecule has 1 N–H and O–H groups in total. The first-order chi connectivity index (χ1) is 12.5. The maximum Gasteiger partial charge on any atom is 0.197 e. The topological polar surface area (TPSA) is 32.9 Å². The average Bonchev–Trinajstić information content (AvgIpc) is 2.65. The van der Waals surface area contributed by atoms with E-state index in [4.69, 9.17) is 34.8 Å². The maximum absolute atomic E-state index is 13.3. The Kier molecular flexibility index (Phi) is 4.49. The van der Waals surface area contributed by atoms with Crippen LogP contribution in [0.3, 0.4) is 0 Å². The van der Waals surface area contributed by atoms with Crippen LogP contribution in [0.15, 0.2) is 71.5 Å². The Balaban J connectivity index is 2.10. The molecule has 0 fully saturated rings. The number of aromatic nitrogens is 1. The first-order valence-electron chi connectivity index (χ1n) is 7.91. The zero-order valence-electron chi connectivity index (χ0n) is 13.4. The van der Waals surface area contributed by atoms with E-state index in [0.29, 0.717) is 37.3 Å². The standard InChI is InChI=1S/C21H12Cl3NO/c22-14-8-5-12(6-9-14)20-19(13-7-10-16(23)17(24)11-13)21(26)15-3-1-2-4-18(15)25-20/h1-11H,(H,25,26). The van der Waals surface area contributed by atoms with Gasteiger partial charge in [-0.1, -0.05) is 65.1 Å². The normalized spacial score (nSPS) is 11.0. The van der Waals surface area contributed by atoms with Gasteiger partial charge >= 0.3 is 0 Å². The minimum absolute atomic E-state index is 0.0670. The number of nitrogens with one attached hydrogen (secondary N) is 1. The van der Waals surface area contributed by atoms with E-state index in [9.17, 15) is 4.79 Å². The van der Waals surface area contributed by atoms with Gasteiger partial charge in [0.05, 0.1) is 21.3 Å². The van der Waals surface area contributed by atoms with Gasteiger partial charge < -0.3 is 4.98 Å². The number of fused-ring (bicyclic) bond motifs is 1. The van der Waals surface area contributed by atoms with E-state index in [0.717, 1.165) is 11.1 Å². The monoisotopic (exact) mass is 399 g/mol. The van der Waals surface area contributed by atoms with E-state index < -0.39 is 0 Å². The predicted molar refractivity (Wildman–Crippen MR) is 110 cm³/mol. The fraction of sp³-hybridized carbons (Fsp3) is 0. The van der Waals surface area contributed by atoms with E-state index in [2.05, 4.69) is 4.98 Å². The smallest absolute Gasteiger partial charge is 0.197 e. The van der Waals surface area contributed by atoms with Crippen LogP contribution < -0.4 is 5.43 Å². The van der Waals surface area contributed by atoms with Crippen LogP contribution >= 0.6 is 34.8 Å². The largest absolute Gasteiger partial charge is 0.354 e. The van der Waals surface area contributed by atoms with E-state index in [-0.39, 0.29) is 5.43 Å². The maximum atomic E-state index is 13.3. The molecule has 0 saturated heterocycles. The van der Waals surface area contributed by atoms with Gasteiger partial charge in [-0.05, 0) is 47.5 Å². The molecular formula is C21H12Cl3NO. The number of pyridine rings is 1. The summed E-state index contributed by atoms with van der Waals surface area (Å²) in [5.41, 5.74) is 3.52. The van der Waals surface area contributed by atoms with Crippen LogP contribution in [0.2, 0.25) is 15.1 Å². The second-order valence-corrected chi connectivity index (χ2v) is 7.14. The Morgan fingerprint density at radius 3 is 2.15 bits per heavy atom. The number of hydrogen-bond donors (Lipinski definition) is 1. The molecule has 4 rings (SSSR count). The number of para-hydroxylation sites is 1. The van der Waals surface area contributed by atoms with Crippen molar-refractivity contribution in [1.29, 1.82) is 0 Å². The molecule has 2 nitrogen and oxygen atoms in total. The summed E-state index contributed by atoms with van der Waals surface area (Å²) in [7, 11) is 0. The summed E-state index contributed by atoms with van der Waals surface area (Å²) in [5.74, 6) is 0. The summed E-state index contributed by atoms with van der Waals surface area (Å²) in [6, 6.07) is 20.0. The Morgan fingerprint density at radius 2 is 1.42 bits per heavy atom. The third-order valence-corrected chi connectivity index (χ3v) is 5.24. The Labute approximate surface area is 165 Å². The third kappa shape index (κ3) is 3.01. The summed E-state index contributed by atoms with van der Waals surface area (Å²) in [6.07, 6.45) is 0. The van der Waals surface area contributed by atoms with Crippen molar-refractivity contribution in [3.05, 3.63) is 92.0 Å². The highest BCUT2D eigenvalue weighted by atomic mass is 35.5. The number of hydrogen-bond acceptors (Lipinski definition) is 1. The summed E-state index contributed by atoms with van der Waals surface area (Å²) in [4.78, 5) is 16.6. The van der Waals surface area contributed by atoms with Crippen LogP contribution in [0, 0.1) is 0 Å². The van der Waals surface area contributed by atoms with Crippen molar-refractivity contribution in [2.45, 2.75) is 0 Å². The molecule has 0 unspecified atom stereocenters. The van der Waals surface area contributed by atoms with Crippen LogP contribution in [0.1, 0.15) is 0 Å². The van der Waals surface area contributed by atoms with Gasteiger partial charge in [0.25, 0.3) is 0 Å². The average molecular weight is 401 g/mol. The van der Waals surface area contributed by atoms with Crippen molar-refractivity contribution in [2.24, 2.45) is 0 Å². The van der Waals surface area contributed by atoms with Crippen LogP contribution in [-0.2, 0) is 0 Å². The lowest BCUT2D eigenvalue weighted by molar-refractivity contribution is 1.37. The highest BCUT2D eigenvalue weighted by molar-refractivity contribution is 6.42. The molecule has 4 aromatic rings. The van der Waals surface area contributed by atoms with Crippen molar-refractivity contribution >= 4 is 45.7 Å². The van der Waals surface area contributed by atoms with E-state index in [1.165, 1.54) is 0 Å². The molecule has 5 heteroatoms. The number of H-pyrrole nitrogens is 1. The number of benzene rings is 3. The lowest BCUT2D eigenvalue weighted by atomic mass is 9.97. The molecule has 0 atom stereocenters. The van der Waals surface area contributed by atoms with Crippen molar-refractivity contribution in [3.8, 4) is 22.4 Å². The summed E-state index contributed by atoms with van der Waals surface area (Å²) < 4.78 is 0. The van der Waals surface area contributed by atoms with Crippen molar-refractivity contribution < 1.29 is 0 Å². The quantitative estimate of drug-likeness (QED) is 0.393. The van der Waals surface area contributed by atoms with Gasteiger partial charge in [-0.3, -0.25) is 4.79 Å². The number of aromatic amines is 1. The predicted octanol–water partition coefficient (Wildman–Crippen LogP) is 6.82. The lowest BCUT2D eigenvalue weighted by Gasteiger charge is -2.13. The van der Waals surface area contributed by atoms with Gasteiger partial charge in [0.15, 0.2) is 5.43 Å². The minimum atomic E-state index is -0.0670. The first kappa shape index (κ1) is 17.2. The Bertz CT molecular complexity index is 1180. The van der Waals surface area contributed by atoms with E-state index in [1.807, 2.05) is 30.3 Å². The SMILES string of the molecule is O=c1c(-c2ccc(Cl)c(Cl)c2)c(-c2ccc(Cl)cc2)[nH]c2ccccc12. The molecule has 0 radical (unpaired) electrons. The van der Waals surface area contributed by atoms with Crippen LogP contribution in [0.4, 0.5) is 0 Å². The fourth-order valence-corrected chi connectivity index (χ4v) is 3.42. The third-order valence-electron chi connectivity index (χ3n) is 4.25. The van der Waals surface area contributed by atoms with Gasteiger partial charge in [0, 0.05) is 15.9 Å². The molecule has 128 valence electrons. The van der Waals surface area contributed by atoms with Crippen molar-refractivity contribution in [3.63, 3.8) is 0 Å². The van der Waals surface area contributed by atoms with Crippen molar-refractivity contribution in [2.75, 3.05) is 0 Å². The zero-order valence-corrected chi connectivity index (χ0v) is 15.7. The Morgan fingerprint density at radius 1 is 0.731 bits per heavy atom. The molecular weight excluding hydrogens is 389 g/mol. The fourth-order valence-electron chi connectivity index (χ4n) is 3.00. The molecule has 0 aliphatic carbocycles. The van der Waals surface area contributed by atoms with Crippen LogP contribution in [0.5, 0.6) is 0 Å². The van der Waals surface area contributed by atoms with Gasteiger partial charge in [0.1, 0.15) is 0 Å². The molecule has 0 spiro atoms. The molecule has 26 heavy (non-hydrogen) atoms. The summed E-state index contributed by atoms with van der Waals surface area (Å²) in [5, 5.41) is 2.10. The van der Waals surface area contributed by atoms with E-state index >= 15 is 0 Å². The molecule has 0 amide bonds. The van der Waals surface area contributed by atoms with Gasteiger partial charge in [0.2, 0.25) is 0 Å². The van der Waals surface area contributed by atoms with Gasteiger partial charge in [-0.15, -0.1) is 0 Å².